The van der Waals surface area contributed by atoms with Crippen molar-refractivity contribution in [1.82, 2.24) is 5.32 Å². The summed E-state index contributed by atoms with van der Waals surface area (Å²) in [6.45, 7) is 2.07. The van der Waals surface area contributed by atoms with Gasteiger partial charge in [0.2, 0.25) is 0 Å². The third-order valence-electron chi connectivity index (χ3n) is 3.58. The van der Waals surface area contributed by atoms with Crippen LogP contribution in [-0.2, 0) is 6.42 Å². The Bertz CT molecular complexity index is 608. The van der Waals surface area contributed by atoms with Gasteiger partial charge >= 0.3 is 0 Å². The van der Waals surface area contributed by atoms with Crippen LogP contribution in [0.25, 0.3) is 0 Å². The molecule has 0 spiro atoms. The number of methoxy groups -OCH3 is 1. The van der Waals surface area contributed by atoms with Crippen LogP contribution in [0, 0.1) is 6.92 Å². The Morgan fingerprint density at radius 3 is 2.38 bits per heavy atom. The van der Waals surface area contributed by atoms with Gasteiger partial charge in [0, 0.05) is 21.7 Å². The van der Waals surface area contributed by atoms with E-state index in [0.717, 1.165) is 16.9 Å². The van der Waals surface area contributed by atoms with Gasteiger partial charge in [-0.1, -0.05) is 47.0 Å². The van der Waals surface area contributed by atoms with E-state index < -0.39 is 0 Å². The summed E-state index contributed by atoms with van der Waals surface area (Å²) in [5, 5.41) is 4.70. The highest BCUT2D eigenvalue weighted by atomic mass is 35.5. The molecule has 2 nitrogen and oxygen atoms in total. The van der Waals surface area contributed by atoms with Crippen molar-refractivity contribution in [2.24, 2.45) is 0 Å². The number of aryl methyl sites for hydroxylation is 1. The molecule has 1 unspecified atom stereocenters. The summed E-state index contributed by atoms with van der Waals surface area (Å²) in [6.07, 6.45) is 0.703. The van der Waals surface area contributed by atoms with Crippen LogP contribution in [0.2, 0.25) is 10.0 Å². The van der Waals surface area contributed by atoms with Crippen molar-refractivity contribution in [3.8, 4) is 5.75 Å². The number of hydrogen-bond donors (Lipinski definition) is 1. The van der Waals surface area contributed by atoms with Gasteiger partial charge in [0.1, 0.15) is 5.75 Å². The number of likely N-dealkylation sites (N-methyl/N-ethyl adjacent to an activating group) is 1. The van der Waals surface area contributed by atoms with Crippen LogP contribution in [0.5, 0.6) is 5.75 Å². The van der Waals surface area contributed by atoms with Gasteiger partial charge < -0.3 is 10.1 Å². The Morgan fingerprint density at radius 2 is 1.81 bits per heavy atom. The predicted octanol–water partition coefficient (Wildman–Crippen LogP) is 4.81. The summed E-state index contributed by atoms with van der Waals surface area (Å²) in [6, 6.07) is 11.8. The molecular weight excluding hydrogens is 305 g/mol. The molecule has 1 atom stereocenters. The third kappa shape index (κ3) is 3.70. The first-order chi connectivity index (χ1) is 10.1. The molecule has 21 heavy (non-hydrogen) atoms. The molecule has 0 saturated carbocycles. The molecule has 2 aromatic carbocycles. The van der Waals surface area contributed by atoms with E-state index in [0.29, 0.717) is 16.5 Å². The quantitative estimate of drug-likeness (QED) is 0.852. The van der Waals surface area contributed by atoms with E-state index in [2.05, 4.69) is 18.3 Å². The molecule has 112 valence electrons. The maximum Gasteiger partial charge on any atom is 0.123 e. The molecule has 0 aliphatic carbocycles. The lowest BCUT2D eigenvalue weighted by molar-refractivity contribution is 0.401. The van der Waals surface area contributed by atoms with Crippen molar-refractivity contribution in [2.75, 3.05) is 14.2 Å². The average Bonchev–Trinajstić information content (AvgIpc) is 2.47. The first-order valence-electron chi connectivity index (χ1n) is 6.81. The molecule has 0 aliphatic rings. The van der Waals surface area contributed by atoms with Crippen molar-refractivity contribution >= 4 is 23.2 Å². The number of ether oxygens (including phenoxy) is 1. The molecule has 0 heterocycles. The van der Waals surface area contributed by atoms with Gasteiger partial charge in [0.05, 0.1) is 7.11 Å². The number of benzene rings is 2. The molecule has 0 fully saturated rings. The van der Waals surface area contributed by atoms with Gasteiger partial charge in [-0.05, 0) is 44.2 Å². The molecule has 1 N–H and O–H groups in total. The van der Waals surface area contributed by atoms with Gasteiger partial charge in [-0.25, -0.2) is 0 Å². The minimum atomic E-state index is 0.0808. The highest BCUT2D eigenvalue weighted by Gasteiger charge is 2.18. The standard InChI is InChI=1S/C17H19Cl2NO/c1-11-7-8-17(21-3)13(9-11)16(20-2)10-12-14(18)5-4-6-15(12)19/h4-9,16,20H,10H2,1-3H3. The molecule has 0 bridgehead atoms. The topological polar surface area (TPSA) is 21.3 Å². The first-order valence-corrected chi connectivity index (χ1v) is 7.57. The summed E-state index contributed by atoms with van der Waals surface area (Å²) in [4.78, 5) is 0. The molecule has 2 aromatic rings. The Morgan fingerprint density at radius 1 is 1.14 bits per heavy atom. The van der Waals surface area contributed by atoms with Crippen LogP contribution < -0.4 is 10.1 Å². The van der Waals surface area contributed by atoms with Gasteiger partial charge in [-0.2, -0.15) is 0 Å². The third-order valence-corrected chi connectivity index (χ3v) is 4.29. The number of nitrogens with one attached hydrogen (secondary N) is 1. The highest BCUT2D eigenvalue weighted by Crippen LogP contribution is 2.33. The molecule has 0 saturated heterocycles. The second-order valence-corrected chi connectivity index (χ2v) is 5.81. The maximum absolute atomic E-state index is 6.28. The monoisotopic (exact) mass is 323 g/mol. The normalized spacial score (nSPS) is 12.2. The fourth-order valence-electron chi connectivity index (χ4n) is 2.43. The average molecular weight is 324 g/mol. The van der Waals surface area contributed by atoms with E-state index in [9.17, 15) is 0 Å². The predicted molar refractivity (Wildman–Crippen MR) is 89.7 cm³/mol. The van der Waals surface area contributed by atoms with Gasteiger partial charge in [-0.15, -0.1) is 0 Å². The lowest BCUT2D eigenvalue weighted by Gasteiger charge is -2.21. The Labute approximate surface area is 136 Å². The van der Waals surface area contributed by atoms with Crippen molar-refractivity contribution in [1.29, 1.82) is 0 Å². The van der Waals surface area contributed by atoms with Crippen LogP contribution in [0.15, 0.2) is 36.4 Å². The van der Waals surface area contributed by atoms with Crippen LogP contribution in [0.3, 0.4) is 0 Å². The van der Waals surface area contributed by atoms with E-state index >= 15 is 0 Å². The van der Waals surface area contributed by atoms with Gasteiger partial charge in [0.15, 0.2) is 0 Å². The highest BCUT2D eigenvalue weighted by molar-refractivity contribution is 6.36. The fraction of sp³-hybridized carbons (Fsp3) is 0.294. The summed E-state index contributed by atoms with van der Waals surface area (Å²) in [7, 11) is 3.61. The van der Waals surface area contributed by atoms with Gasteiger partial charge in [0.25, 0.3) is 0 Å². The van der Waals surface area contributed by atoms with Crippen LogP contribution in [0.4, 0.5) is 0 Å². The summed E-state index contributed by atoms with van der Waals surface area (Å²) >= 11 is 12.6. The smallest absolute Gasteiger partial charge is 0.123 e. The zero-order chi connectivity index (χ0) is 15.4. The van der Waals surface area contributed by atoms with E-state index in [1.54, 1.807) is 7.11 Å². The lowest BCUT2D eigenvalue weighted by Crippen LogP contribution is -2.20. The Hall–Kier alpha value is -1.22. The second kappa shape index (κ2) is 7.17. The zero-order valence-corrected chi connectivity index (χ0v) is 13.9. The number of halogens is 2. The second-order valence-electron chi connectivity index (χ2n) is 4.99. The number of rotatable bonds is 5. The lowest BCUT2D eigenvalue weighted by atomic mass is 9.96. The maximum atomic E-state index is 6.28. The van der Waals surface area contributed by atoms with E-state index in [1.165, 1.54) is 5.56 Å². The van der Waals surface area contributed by atoms with Crippen LogP contribution >= 0.6 is 23.2 Å². The van der Waals surface area contributed by atoms with E-state index in [1.807, 2.05) is 37.4 Å². The van der Waals surface area contributed by atoms with Crippen molar-refractivity contribution in [3.05, 3.63) is 63.1 Å². The summed E-state index contributed by atoms with van der Waals surface area (Å²) in [5.74, 6) is 0.864. The zero-order valence-electron chi connectivity index (χ0n) is 12.4. The van der Waals surface area contributed by atoms with E-state index in [4.69, 9.17) is 27.9 Å². The molecule has 0 radical (unpaired) electrons. The largest absolute Gasteiger partial charge is 0.496 e. The van der Waals surface area contributed by atoms with Crippen LogP contribution in [-0.4, -0.2) is 14.2 Å². The fourth-order valence-corrected chi connectivity index (χ4v) is 2.98. The Kier molecular flexibility index (Phi) is 5.51. The summed E-state index contributed by atoms with van der Waals surface area (Å²) in [5.41, 5.74) is 3.25. The van der Waals surface area contributed by atoms with Crippen molar-refractivity contribution < 1.29 is 4.74 Å². The van der Waals surface area contributed by atoms with Gasteiger partial charge in [-0.3, -0.25) is 0 Å². The molecule has 0 aromatic heterocycles. The van der Waals surface area contributed by atoms with Crippen molar-refractivity contribution in [3.63, 3.8) is 0 Å². The minimum Gasteiger partial charge on any atom is -0.496 e. The summed E-state index contributed by atoms with van der Waals surface area (Å²) < 4.78 is 5.48. The SMILES string of the molecule is CNC(Cc1c(Cl)cccc1Cl)c1cc(C)ccc1OC. The number of hydrogen-bond acceptors (Lipinski definition) is 2. The van der Waals surface area contributed by atoms with Crippen LogP contribution in [0.1, 0.15) is 22.7 Å². The van der Waals surface area contributed by atoms with E-state index in [-0.39, 0.29) is 6.04 Å². The minimum absolute atomic E-state index is 0.0808. The first kappa shape index (κ1) is 16.2. The molecule has 0 amide bonds. The molecule has 4 heteroatoms. The molecule has 0 aliphatic heterocycles. The van der Waals surface area contributed by atoms with Crippen molar-refractivity contribution in [2.45, 2.75) is 19.4 Å². The Balaban J connectivity index is 2.39. The molecular formula is C17H19Cl2NO. The molecule has 2 rings (SSSR count).